The molecule has 0 amide bonds. The lowest BCUT2D eigenvalue weighted by Crippen LogP contribution is -2.32. The van der Waals surface area contributed by atoms with Gasteiger partial charge in [-0.15, -0.1) is 0 Å². The van der Waals surface area contributed by atoms with Gasteiger partial charge in [0.2, 0.25) is 0 Å². The van der Waals surface area contributed by atoms with Crippen molar-refractivity contribution >= 4 is 0 Å². The quantitative estimate of drug-likeness (QED) is 0.749. The maximum Gasteiger partial charge on any atom is 0.0444 e. The van der Waals surface area contributed by atoms with Gasteiger partial charge in [0.05, 0.1) is 0 Å². The highest BCUT2D eigenvalue weighted by Crippen LogP contribution is 2.40. The molecule has 2 nitrogen and oxygen atoms in total. The van der Waals surface area contributed by atoms with Crippen LogP contribution in [0.5, 0.6) is 0 Å². The van der Waals surface area contributed by atoms with Crippen molar-refractivity contribution in [1.29, 1.82) is 0 Å². The zero-order valence-corrected chi connectivity index (χ0v) is 12.4. The van der Waals surface area contributed by atoms with E-state index < -0.39 is 0 Å². The van der Waals surface area contributed by atoms with Crippen LogP contribution in [-0.4, -0.2) is 13.1 Å². The van der Waals surface area contributed by atoms with Gasteiger partial charge in [-0.1, -0.05) is 51.0 Å². The molecule has 1 fully saturated rings. The van der Waals surface area contributed by atoms with Crippen molar-refractivity contribution in [2.45, 2.75) is 51.5 Å². The van der Waals surface area contributed by atoms with E-state index in [4.69, 9.17) is 5.73 Å². The van der Waals surface area contributed by atoms with Crippen LogP contribution in [0.15, 0.2) is 24.3 Å². The summed E-state index contributed by atoms with van der Waals surface area (Å²) in [4.78, 5) is 0. The highest BCUT2D eigenvalue weighted by atomic mass is 14.9. The summed E-state index contributed by atoms with van der Waals surface area (Å²) in [5.41, 5.74) is 8.75. The second-order valence-electron chi connectivity index (χ2n) is 5.82. The molecule has 0 radical (unpaired) electrons. The number of hydrogen-bond donors (Lipinski definition) is 2. The van der Waals surface area contributed by atoms with E-state index >= 15 is 0 Å². The molecule has 1 aliphatic rings. The maximum atomic E-state index is 5.92. The van der Waals surface area contributed by atoms with Crippen LogP contribution in [0.2, 0.25) is 0 Å². The Bertz CT molecular complexity index is 363. The molecule has 1 aromatic rings. The van der Waals surface area contributed by atoms with Crippen molar-refractivity contribution < 1.29 is 0 Å². The van der Waals surface area contributed by atoms with Crippen molar-refractivity contribution in [3.8, 4) is 0 Å². The monoisotopic (exact) mass is 260 g/mol. The van der Waals surface area contributed by atoms with Gasteiger partial charge in [-0.25, -0.2) is 0 Å². The second-order valence-corrected chi connectivity index (χ2v) is 5.82. The fourth-order valence-electron chi connectivity index (χ4n) is 2.64. The zero-order chi connectivity index (χ0) is 13.7. The Morgan fingerprint density at radius 1 is 1.16 bits per heavy atom. The Hall–Kier alpha value is -0.860. The highest BCUT2D eigenvalue weighted by molar-refractivity contribution is 5.29. The topological polar surface area (TPSA) is 38.0 Å². The molecule has 1 saturated carbocycles. The van der Waals surface area contributed by atoms with E-state index in [-0.39, 0.29) is 0 Å². The number of benzene rings is 1. The molecule has 0 aliphatic heterocycles. The predicted octanol–water partition coefficient (Wildman–Crippen LogP) is 3.59. The van der Waals surface area contributed by atoms with E-state index in [1.807, 2.05) is 0 Å². The summed E-state index contributed by atoms with van der Waals surface area (Å²) in [6.45, 7) is 6.26. The van der Waals surface area contributed by atoms with Crippen LogP contribution in [0.1, 0.15) is 62.6 Å². The van der Waals surface area contributed by atoms with Gasteiger partial charge in [-0.05, 0) is 42.3 Å². The molecule has 0 bridgehead atoms. The van der Waals surface area contributed by atoms with E-state index in [9.17, 15) is 0 Å². The Morgan fingerprint density at radius 3 is 2.26 bits per heavy atom. The standard InChI is InChI=1S/C17H28N2/c1-3-13(4-2)12-19-17(11-18)16-9-7-15(8-10-16)14-5-6-14/h7-10,13-14,17,19H,3-6,11-12,18H2,1-2H3. The molecule has 1 aliphatic carbocycles. The van der Waals surface area contributed by atoms with Crippen LogP contribution >= 0.6 is 0 Å². The Labute approximate surface area is 117 Å². The van der Waals surface area contributed by atoms with E-state index in [0.29, 0.717) is 12.6 Å². The maximum absolute atomic E-state index is 5.92. The van der Waals surface area contributed by atoms with E-state index in [1.165, 1.54) is 36.8 Å². The van der Waals surface area contributed by atoms with Crippen molar-refractivity contribution in [1.82, 2.24) is 5.32 Å². The first-order valence-electron chi connectivity index (χ1n) is 7.81. The first-order valence-corrected chi connectivity index (χ1v) is 7.81. The molecule has 1 aromatic carbocycles. The molecule has 0 aromatic heterocycles. The minimum atomic E-state index is 0.300. The number of nitrogens with one attached hydrogen (secondary N) is 1. The Morgan fingerprint density at radius 2 is 1.79 bits per heavy atom. The van der Waals surface area contributed by atoms with Crippen LogP contribution in [0.4, 0.5) is 0 Å². The summed E-state index contributed by atoms with van der Waals surface area (Å²) in [6, 6.07) is 9.38. The van der Waals surface area contributed by atoms with Crippen molar-refractivity contribution in [2.75, 3.05) is 13.1 Å². The molecular weight excluding hydrogens is 232 g/mol. The van der Waals surface area contributed by atoms with Crippen LogP contribution < -0.4 is 11.1 Å². The van der Waals surface area contributed by atoms with Gasteiger partial charge < -0.3 is 11.1 Å². The van der Waals surface area contributed by atoms with Crippen LogP contribution in [-0.2, 0) is 0 Å². The lowest BCUT2D eigenvalue weighted by atomic mass is 10.0. The fraction of sp³-hybridized carbons (Fsp3) is 0.647. The van der Waals surface area contributed by atoms with Gasteiger partial charge in [0, 0.05) is 12.6 Å². The van der Waals surface area contributed by atoms with Crippen LogP contribution in [0.25, 0.3) is 0 Å². The molecule has 0 saturated heterocycles. The summed E-state index contributed by atoms with van der Waals surface area (Å²) in [7, 11) is 0. The molecule has 19 heavy (non-hydrogen) atoms. The molecule has 2 heteroatoms. The summed E-state index contributed by atoms with van der Waals surface area (Å²) in [5, 5.41) is 3.63. The summed E-state index contributed by atoms with van der Waals surface area (Å²) in [5.74, 6) is 1.60. The molecule has 0 heterocycles. The average molecular weight is 260 g/mol. The van der Waals surface area contributed by atoms with E-state index in [2.05, 4.69) is 43.4 Å². The summed E-state index contributed by atoms with van der Waals surface area (Å²) in [6.07, 6.45) is 5.21. The molecule has 1 atom stereocenters. The zero-order valence-electron chi connectivity index (χ0n) is 12.4. The minimum Gasteiger partial charge on any atom is -0.329 e. The fourth-order valence-corrected chi connectivity index (χ4v) is 2.64. The van der Waals surface area contributed by atoms with Gasteiger partial charge in [0.15, 0.2) is 0 Å². The number of nitrogens with two attached hydrogens (primary N) is 1. The van der Waals surface area contributed by atoms with Gasteiger partial charge in [0.1, 0.15) is 0 Å². The highest BCUT2D eigenvalue weighted by Gasteiger charge is 2.23. The van der Waals surface area contributed by atoms with Gasteiger partial charge >= 0.3 is 0 Å². The van der Waals surface area contributed by atoms with Crippen LogP contribution in [0, 0.1) is 5.92 Å². The minimum absolute atomic E-state index is 0.300. The van der Waals surface area contributed by atoms with Crippen molar-refractivity contribution in [2.24, 2.45) is 11.7 Å². The molecule has 0 spiro atoms. The molecule has 106 valence electrons. The molecule has 3 N–H and O–H groups in total. The van der Waals surface area contributed by atoms with Crippen molar-refractivity contribution in [3.05, 3.63) is 35.4 Å². The largest absolute Gasteiger partial charge is 0.329 e. The number of rotatable bonds is 8. The van der Waals surface area contributed by atoms with Gasteiger partial charge in [0.25, 0.3) is 0 Å². The SMILES string of the molecule is CCC(CC)CNC(CN)c1ccc(C2CC2)cc1. The van der Waals surface area contributed by atoms with Gasteiger partial charge in [-0.2, -0.15) is 0 Å². The third-order valence-corrected chi connectivity index (χ3v) is 4.43. The van der Waals surface area contributed by atoms with Crippen molar-refractivity contribution in [3.63, 3.8) is 0 Å². The second kappa shape index (κ2) is 7.06. The normalized spacial score (nSPS) is 16.8. The Kier molecular flexibility index (Phi) is 5.41. The molecule has 2 rings (SSSR count). The number of hydrogen-bond acceptors (Lipinski definition) is 2. The van der Waals surface area contributed by atoms with E-state index in [0.717, 1.165) is 18.4 Å². The first kappa shape index (κ1) is 14.5. The summed E-state index contributed by atoms with van der Waals surface area (Å²) >= 11 is 0. The van der Waals surface area contributed by atoms with Crippen LogP contribution in [0.3, 0.4) is 0 Å². The molecular formula is C17H28N2. The lowest BCUT2D eigenvalue weighted by molar-refractivity contribution is 0.414. The molecule has 1 unspecified atom stereocenters. The third-order valence-electron chi connectivity index (χ3n) is 4.43. The van der Waals surface area contributed by atoms with E-state index in [1.54, 1.807) is 0 Å². The van der Waals surface area contributed by atoms with Gasteiger partial charge in [-0.3, -0.25) is 0 Å². The smallest absolute Gasteiger partial charge is 0.0444 e. The average Bonchev–Trinajstić information content (AvgIpc) is 3.29. The predicted molar refractivity (Wildman–Crippen MR) is 82.3 cm³/mol. The Balaban J connectivity index is 1.92. The summed E-state index contributed by atoms with van der Waals surface area (Å²) < 4.78 is 0. The third kappa shape index (κ3) is 4.05. The first-order chi connectivity index (χ1) is 9.28. The lowest BCUT2D eigenvalue weighted by Gasteiger charge is -2.21.